The van der Waals surface area contributed by atoms with Crippen molar-refractivity contribution < 1.29 is 22.8 Å². The Bertz CT molecular complexity index is 1050. The minimum absolute atomic E-state index is 0.0109. The number of amides is 2. The number of carbonyl (C=O) groups excluding carboxylic acids is 2. The van der Waals surface area contributed by atoms with Crippen LogP contribution < -0.4 is 16.4 Å². The highest BCUT2D eigenvalue weighted by atomic mass is 35.5. The number of pyridine rings is 1. The van der Waals surface area contributed by atoms with E-state index in [0.29, 0.717) is 47.7 Å². The zero-order chi connectivity index (χ0) is 25.8. The predicted molar refractivity (Wildman–Crippen MR) is 131 cm³/mol. The van der Waals surface area contributed by atoms with Crippen LogP contribution in [-0.4, -0.2) is 28.9 Å². The molecule has 2 aromatic rings. The van der Waals surface area contributed by atoms with Crippen molar-refractivity contribution in [2.45, 2.75) is 77.1 Å². The molecule has 1 aliphatic rings. The number of nitrogens with one attached hydrogen (secondary N) is 2. The number of primary amides is 1. The lowest BCUT2D eigenvalue weighted by Gasteiger charge is -2.31. The number of nitrogens with two attached hydrogens (primary N) is 1. The molecule has 0 aliphatic heterocycles. The van der Waals surface area contributed by atoms with Gasteiger partial charge in [0.1, 0.15) is 5.69 Å². The molecule has 0 radical (unpaired) electrons. The molecule has 0 saturated heterocycles. The molecule has 1 fully saturated rings. The summed E-state index contributed by atoms with van der Waals surface area (Å²) in [4.78, 5) is 27.6. The zero-order valence-corrected chi connectivity index (χ0v) is 20.7. The summed E-state index contributed by atoms with van der Waals surface area (Å²) in [5.74, 6) is -0.239. The van der Waals surface area contributed by atoms with Crippen LogP contribution >= 0.6 is 11.6 Å². The van der Waals surface area contributed by atoms with Crippen LogP contribution in [0.2, 0.25) is 5.02 Å². The third-order valence-corrected chi connectivity index (χ3v) is 6.52. The van der Waals surface area contributed by atoms with Crippen molar-refractivity contribution in [2.24, 2.45) is 17.6 Å². The summed E-state index contributed by atoms with van der Waals surface area (Å²) in [7, 11) is 0. The topological polar surface area (TPSA) is 97.1 Å². The molecule has 1 aromatic carbocycles. The molecule has 1 heterocycles. The Balaban J connectivity index is 1.61. The summed E-state index contributed by atoms with van der Waals surface area (Å²) in [6, 6.07) is 5.58. The van der Waals surface area contributed by atoms with Gasteiger partial charge in [0.05, 0.1) is 5.52 Å². The molecule has 0 unspecified atom stereocenters. The van der Waals surface area contributed by atoms with Gasteiger partial charge in [-0.15, -0.1) is 0 Å². The number of aromatic nitrogens is 1. The molecule has 1 atom stereocenters. The van der Waals surface area contributed by atoms with Gasteiger partial charge in [-0.1, -0.05) is 25.4 Å². The average Bonchev–Trinajstić information content (AvgIpc) is 2.73. The van der Waals surface area contributed by atoms with Gasteiger partial charge >= 0.3 is 6.18 Å². The fraction of sp³-hybridized carbons (Fsp3) is 0.560. The van der Waals surface area contributed by atoms with Crippen molar-refractivity contribution in [3.8, 4) is 0 Å². The number of hydrogen-bond acceptors (Lipinski definition) is 4. The fourth-order valence-corrected chi connectivity index (χ4v) is 4.98. The number of hydrogen-bond donors (Lipinski definition) is 3. The van der Waals surface area contributed by atoms with Gasteiger partial charge in [-0.2, -0.15) is 13.2 Å². The van der Waals surface area contributed by atoms with Gasteiger partial charge in [0.25, 0.3) is 0 Å². The van der Waals surface area contributed by atoms with Crippen LogP contribution in [0.15, 0.2) is 24.3 Å². The van der Waals surface area contributed by atoms with Gasteiger partial charge in [0, 0.05) is 41.0 Å². The highest BCUT2D eigenvalue weighted by Crippen LogP contribution is 2.35. The number of alkyl halides is 3. The first kappa shape index (κ1) is 27.0. The Kier molecular flexibility index (Phi) is 8.85. The van der Waals surface area contributed by atoms with Gasteiger partial charge in [-0.25, -0.2) is 4.98 Å². The molecular weight excluding hydrogens is 481 g/mol. The van der Waals surface area contributed by atoms with Crippen LogP contribution in [0.25, 0.3) is 10.9 Å². The highest BCUT2D eigenvalue weighted by molar-refractivity contribution is 6.31. The SMILES string of the molecule is CC(C)C[C@H](CC(N)=O)CC(=O)N[C@H]1CC[C@@H](Nc2cc(C(F)(F)F)nc3ccc(Cl)cc23)CC1. The van der Waals surface area contributed by atoms with Crippen LogP contribution in [0, 0.1) is 11.8 Å². The van der Waals surface area contributed by atoms with Crippen molar-refractivity contribution in [3.05, 3.63) is 35.0 Å². The van der Waals surface area contributed by atoms with E-state index in [9.17, 15) is 22.8 Å². The summed E-state index contributed by atoms with van der Waals surface area (Å²) in [6.45, 7) is 4.08. The molecular formula is C25H32ClF3N4O2. The lowest BCUT2D eigenvalue weighted by Crippen LogP contribution is -2.41. The summed E-state index contributed by atoms with van der Waals surface area (Å²) in [5, 5.41) is 7.25. The predicted octanol–water partition coefficient (Wildman–Crippen LogP) is 5.67. The maximum Gasteiger partial charge on any atom is 0.433 e. The second-order valence-corrected chi connectivity index (χ2v) is 10.3. The van der Waals surface area contributed by atoms with Crippen LogP contribution in [0.4, 0.5) is 18.9 Å². The van der Waals surface area contributed by atoms with E-state index in [1.165, 1.54) is 12.1 Å². The summed E-state index contributed by atoms with van der Waals surface area (Å²) in [6.07, 6.45) is -0.602. The van der Waals surface area contributed by atoms with Crippen molar-refractivity contribution >= 4 is 40.0 Å². The minimum Gasteiger partial charge on any atom is -0.382 e. The number of nitrogens with zero attached hydrogens (tertiary/aromatic N) is 1. The van der Waals surface area contributed by atoms with Gasteiger partial charge in [-0.05, 0) is 68.2 Å². The third-order valence-electron chi connectivity index (χ3n) is 6.28. The fourth-order valence-electron chi connectivity index (χ4n) is 4.80. The van der Waals surface area contributed by atoms with E-state index >= 15 is 0 Å². The molecule has 35 heavy (non-hydrogen) atoms. The quantitative estimate of drug-likeness (QED) is 0.403. The second kappa shape index (κ2) is 11.5. The molecule has 0 bridgehead atoms. The Morgan fingerprint density at radius 2 is 1.77 bits per heavy atom. The Labute approximate surface area is 208 Å². The largest absolute Gasteiger partial charge is 0.433 e. The standard InChI is InChI=1S/C25H32ClF3N4O2/c1-14(2)9-15(10-23(30)34)11-24(35)32-18-6-4-17(5-7-18)31-21-13-22(25(27,28)29)33-20-8-3-16(26)12-19(20)21/h3,8,12-15,17-18H,4-7,9-11H2,1-2H3,(H2,30,34)(H,31,33)(H,32,35)/t15-,17-,18+/m1/s1. The smallest absolute Gasteiger partial charge is 0.382 e. The van der Waals surface area contributed by atoms with E-state index in [1.54, 1.807) is 6.07 Å². The molecule has 4 N–H and O–H groups in total. The first-order chi connectivity index (χ1) is 16.4. The monoisotopic (exact) mass is 512 g/mol. The van der Waals surface area contributed by atoms with Gasteiger partial charge < -0.3 is 16.4 Å². The Morgan fingerprint density at radius 3 is 2.37 bits per heavy atom. The van der Waals surface area contributed by atoms with E-state index in [0.717, 1.165) is 12.5 Å². The average molecular weight is 513 g/mol. The molecule has 2 amide bonds. The molecule has 192 valence electrons. The lowest BCUT2D eigenvalue weighted by atomic mass is 9.89. The van der Waals surface area contributed by atoms with Crippen molar-refractivity contribution in [3.63, 3.8) is 0 Å². The molecule has 1 saturated carbocycles. The van der Waals surface area contributed by atoms with Crippen molar-refractivity contribution in [2.75, 3.05) is 5.32 Å². The number of carbonyl (C=O) groups is 2. The first-order valence-corrected chi connectivity index (χ1v) is 12.3. The van der Waals surface area contributed by atoms with Gasteiger partial charge in [0.2, 0.25) is 11.8 Å². The van der Waals surface area contributed by atoms with Gasteiger partial charge in [0.15, 0.2) is 0 Å². The highest BCUT2D eigenvalue weighted by Gasteiger charge is 2.34. The number of halogens is 4. The molecule has 3 rings (SSSR count). The second-order valence-electron chi connectivity index (χ2n) is 9.84. The van der Waals surface area contributed by atoms with E-state index in [2.05, 4.69) is 15.6 Å². The summed E-state index contributed by atoms with van der Waals surface area (Å²) < 4.78 is 40.1. The zero-order valence-electron chi connectivity index (χ0n) is 19.9. The number of fused-ring (bicyclic) bond motifs is 1. The molecule has 10 heteroatoms. The van der Waals surface area contributed by atoms with Crippen LogP contribution in [0.5, 0.6) is 0 Å². The van der Waals surface area contributed by atoms with Crippen molar-refractivity contribution in [1.82, 2.24) is 10.3 Å². The maximum atomic E-state index is 13.4. The van der Waals surface area contributed by atoms with Crippen molar-refractivity contribution in [1.29, 1.82) is 0 Å². The van der Waals surface area contributed by atoms with E-state index in [-0.39, 0.29) is 42.3 Å². The molecule has 1 aliphatic carbocycles. The first-order valence-electron chi connectivity index (χ1n) is 11.9. The Hall–Kier alpha value is -2.55. The van der Waals surface area contributed by atoms with E-state index in [4.69, 9.17) is 17.3 Å². The third kappa shape index (κ3) is 7.98. The minimum atomic E-state index is -4.56. The van der Waals surface area contributed by atoms with Gasteiger partial charge in [-0.3, -0.25) is 9.59 Å². The number of benzene rings is 1. The molecule has 6 nitrogen and oxygen atoms in total. The molecule has 1 aromatic heterocycles. The van der Waals surface area contributed by atoms with Crippen LogP contribution in [0.1, 0.15) is 64.5 Å². The Morgan fingerprint density at radius 1 is 1.11 bits per heavy atom. The number of rotatable bonds is 9. The van der Waals surface area contributed by atoms with E-state index < -0.39 is 17.8 Å². The lowest BCUT2D eigenvalue weighted by molar-refractivity contribution is -0.141. The normalized spacial score (nSPS) is 19.5. The van der Waals surface area contributed by atoms with Crippen LogP contribution in [-0.2, 0) is 15.8 Å². The summed E-state index contributed by atoms with van der Waals surface area (Å²) >= 11 is 6.08. The van der Waals surface area contributed by atoms with Crippen LogP contribution in [0.3, 0.4) is 0 Å². The van der Waals surface area contributed by atoms with E-state index in [1.807, 2.05) is 13.8 Å². The summed E-state index contributed by atoms with van der Waals surface area (Å²) in [5.41, 5.74) is 4.95. The number of anilines is 1. The molecule has 0 spiro atoms. The maximum absolute atomic E-state index is 13.4.